The molecule has 0 spiro atoms. The van der Waals surface area contributed by atoms with Crippen molar-refractivity contribution in [3.05, 3.63) is 18.4 Å². The molecule has 1 aromatic heterocycles. The second-order valence-corrected chi connectivity index (χ2v) is 0.891. The molecule has 1 rings (SSSR count). The lowest BCUT2D eigenvalue weighted by atomic mass is 10.7. The molecule has 1 heterocycles. The monoisotopic (exact) mass is 83.0 g/mol. The highest BCUT2D eigenvalue weighted by Crippen LogP contribution is 2.03. The van der Waals surface area contributed by atoms with Crippen molar-refractivity contribution >= 4 is 0 Å². The second kappa shape index (κ2) is 1.05. The maximum atomic E-state index is 8.27. The van der Waals surface area contributed by atoms with Crippen LogP contribution >= 0.6 is 0 Å². The summed E-state index contributed by atoms with van der Waals surface area (Å²) in [6.45, 7) is 0. The molecule has 0 saturated carbocycles. The van der Waals surface area contributed by atoms with Crippen molar-refractivity contribution in [2.45, 2.75) is 0 Å². The Hall–Kier alpha value is -0.920. The zero-order valence-electron chi connectivity index (χ0n) is 3.01. The third kappa shape index (κ3) is 0.360. The van der Waals surface area contributed by atoms with E-state index in [0.717, 1.165) is 0 Å². The molecule has 0 atom stereocenters. The maximum Gasteiger partial charge on any atom is 0.282 e. The minimum absolute atomic E-state index is 0.0880. The zero-order chi connectivity index (χ0) is 4.41. The van der Waals surface area contributed by atoms with Crippen molar-refractivity contribution in [2.75, 3.05) is 0 Å². The Morgan fingerprint density at radius 2 is 2.67 bits per heavy atom. The minimum atomic E-state index is -0.0880. The van der Waals surface area contributed by atoms with Crippen LogP contribution in [0, 0.1) is 6.26 Å². The van der Waals surface area contributed by atoms with E-state index in [0.29, 0.717) is 0 Å². The first-order valence-corrected chi connectivity index (χ1v) is 1.54. The molecule has 1 aromatic rings. The van der Waals surface area contributed by atoms with Crippen molar-refractivity contribution in [3.8, 4) is 5.95 Å². The van der Waals surface area contributed by atoms with Crippen molar-refractivity contribution < 1.29 is 9.52 Å². The first-order chi connectivity index (χ1) is 2.89. The number of rotatable bonds is 0. The van der Waals surface area contributed by atoms with Crippen LogP contribution in [0.2, 0.25) is 0 Å². The molecule has 0 unspecified atom stereocenters. The van der Waals surface area contributed by atoms with E-state index in [1.807, 2.05) is 0 Å². The topological polar surface area (TPSA) is 33.4 Å². The van der Waals surface area contributed by atoms with Crippen LogP contribution < -0.4 is 0 Å². The lowest BCUT2D eigenvalue weighted by Crippen LogP contribution is -1.40. The van der Waals surface area contributed by atoms with E-state index in [-0.39, 0.29) is 5.95 Å². The van der Waals surface area contributed by atoms with Crippen LogP contribution in [0.5, 0.6) is 5.95 Å². The summed E-state index contributed by atoms with van der Waals surface area (Å²) < 4.78 is 4.26. The summed E-state index contributed by atoms with van der Waals surface area (Å²) in [4.78, 5) is 0. The SMILES string of the molecule is Oc1cc[c]o1. The predicted octanol–water partition coefficient (Wildman–Crippen LogP) is 0.785. The Kier molecular flexibility index (Phi) is 0.572. The number of aromatic hydroxyl groups is 1. The lowest BCUT2D eigenvalue weighted by molar-refractivity contribution is 0.330. The molecule has 0 fully saturated rings. The second-order valence-electron chi connectivity index (χ2n) is 0.891. The first-order valence-electron chi connectivity index (χ1n) is 1.54. The highest BCUT2D eigenvalue weighted by Gasteiger charge is 1.80. The predicted molar refractivity (Wildman–Crippen MR) is 19.2 cm³/mol. The van der Waals surface area contributed by atoms with Gasteiger partial charge in [-0.25, -0.2) is 0 Å². The van der Waals surface area contributed by atoms with Gasteiger partial charge < -0.3 is 9.52 Å². The van der Waals surface area contributed by atoms with Crippen molar-refractivity contribution in [1.29, 1.82) is 0 Å². The van der Waals surface area contributed by atoms with Gasteiger partial charge in [-0.05, 0) is 6.07 Å². The van der Waals surface area contributed by atoms with Gasteiger partial charge in [0.25, 0.3) is 5.95 Å². The highest BCUT2D eigenvalue weighted by molar-refractivity contribution is 4.99. The van der Waals surface area contributed by atoms with Gasteiger partial charge in [-0.3, -0.25) is 0 Å². The Bertz CT molecular complexity index is 109. The molecule has 0 aliphatic carbocycles. The van der Waals surface area contributed by atoms with Crippen LogP contribution in [0.1, 0.15) is 0 Å². The van der Waals surface area contributed by atoms with E-state index in [1.54, 1.807) is 0 Å². The smallest absolute Gasteiger partial charge is 0.282 e. The highest BCUT2D eigenvalue weighted by atomic mass is 16.5. The summed E-state index contributed by atoms with van der Waals surface area (Å²) >= 11 is 0. The molecule has 1 N–H and O–H groups in total. The van der Waals surface area contributed by atoms with Gasteiger partial charge in [-0.2, -0.15) is 0 Å². The van der Waals surface area contributed by atoms with Crippen molar-refractivity contribution in [1.82, 2.24) is 0 Å². The van der Waals surface area contributed by atoms with Gasteiger partial charge in [0.05, 0.1) is 0 Å². The lowest BCUT2D eigenvalue weighted by Gasteiger charge is -1.68. The number of hydrogen-bond acceptors (Lipinski definition) is 2. The molecule has 1 radical (unpaired) electrons. The third-order valence-corrected chi connectivity index (χ3v) is 0.457. The van der Waals surface area contributed by atoms with Crippen molar-refractivity contribution in [3.63, 3.8) is 0 Å². The Balaban J connectivity index is 3.05. The standard InChI is InChI=1S/C4H3O2/c5-4-2-1-3-6-4/h1-2,5H. The van der Waals surface area contributed by atoms with Gasteiger partial charge in [0.2, 0.25) is 0 Å². The van der Waals surface area contributed by atoms with E-state index in [1.165, 1.54) is 12.1 Å². The molecular weight excluding hydrogens is 80.0 g/mol. The quantitative estimate of drug-likeness (QED) is 0.503. The summed E-state index contributed by atoms with van der Waals surface area (Å²) in [5.41, 5.74) is 0. The summed E-state index contributed by atoms with van der Waals surface area (Å²) in [5.74, 6) is -0.0880. The third-order valence-electron chi connectivity index (χ3n) is 0.457. The molecule has 2 nitrogen and oxygen atoms in total. The van der Waals surface area contributed by atoms with E-state index in [2.05, 4.69) is 10.7 Å². The summed E-state index contributed by atoms with van der Waals surface area (Å²) in [7, 11) is 0. The fourth-order valence-electron chi connectivity index (χ4n) is 0.234. The normalized spacial score (nSPS) is 8.67. The van der Waals surface area contributed by atoms with Crippen LogP contribution in [0.3, 0.4) is 0 Å². The summed E-state index contributed by atoms with van der Waals surface area (Å²) in [6.07, 6.45) is 2.30. The number of furan rings is 1. The molecule has 31 valence electrons. The molecule has 0 aliphatic rings. The van der Waals surface area contributed by atoms with Gasteiger partial charge in [-0.1, -0.05) is 0 Å². The summed E-state index contributed by atoms with van der Waals surface area (Å²) in [6, 6.07) is 2.91. The fourth-order valence-corrected chi connectivity index (χ4v) is 0.234. The largest absolute Gasteiger partial charge is 0.481 e. The Morgan fingerprint density at radius 3 is 2.83 bits per heavy atom. The van der Waals surface area contributed by atoms with Crippen LogP contribution in [0.25, 0.3) is 0 Å². The average Bonchev–Trinajstić information content (AvgIpc) is 1.86. The van der Waals surface area contributed by atoms with Gasteiger partial charge in [0.1, 0.15) is 0 Å². The van der Waals surface area contributed by atoms with Gasteiger partial charge >= 0.3 is 0 Å². The molecule has 0 amide bonds. The molecular formula is C4H3O2. The van der Waals surface area contributed by atoms with Crippen molar-refractivity contribution in [2.24, 2.45) is 0 Å². The van der Waals surface area contributed by atoms with E-state index >= 15 is 0 Å². The van der Waals surface area contributed by atoms with Crippen LogP contribution in [0.4, 0.5) is 0 Å². The van der Waals surface area contributed by atoms with Gasteiger partial charge in [-0.15, -0.1) is 0 Å². The molecule has 2 heteroatoms. The van der Waals surface area contributed by atoms with Crippen LogP contribution in [0.15, 0.2) is 16.5 Å². The van der Waals surface area contributed by atoms with E-state index in [4.69, 9.17) is 5.11 Å². The summed E-state index contributed by atoms with van der Waals surface area (Å²) in [5, 5.41) is 8.27. The average molecular weight is 83.1 g/mol. The van der Waals surface area contributed by atoms with Crippen LogP contribution in [-0.4, -0.2) is 5.11 Å². The zero-order valence-corrected chi connectivity index (χ0v) is 3.01. The van der Waals surface area contributed by atoms with E-state index < -0.39 is 0 Å². The van der Waals surface area contributed by atoms with E-state index in [9.17, 15) is 0 Å². The molecule has 0 aliphatic heterocycles. The van der Waals surface area contributed by atoms with Gasteiger partial charge in [0, 0.05) is 6.07 Å². The van der Waals surface area contributed by atoms with Gasteiger partial charge in [0.15, 0.2) is 6.26 Å². The number of hydrogen-bond donors (Lipinski definition) is 1. The Morgan fingerprint density at radius 1 is 1.83 bits per heavy atom. The molecule has 0 bridgehead atoms. The Labute approximate surface area is 35.0 Å². The molecule has 0 saturated heterocycles. The fraction of sp³-hybridized carbons (Fsp3) is 0. The first kappa shape index (κ1) is 3.28. The molecule has 0 aromatic carbocycles. The maximum absolute atomic E-state index is 8.27. The minimum Gasteiger partial charge on any atom is -0.481 e. The van der Waals surface area contributed by atoms with Crippen LogP contribution in [-0.2, 0) is 0 Å². The molecule has 6 heavy (non-hydrogen) atoms.